The van der Waals surface area contributed by atoms with Crippen molar-refractivity contribution in [2.45, 2.75) is 6.54 Å². The van der Waals surface area contributed by atoms with E-state index in [4.69, 9.17) is 9.15 Å². The Labute approximate surface area is 172 Å². The second-order valence-corrected chi connectivity index (χ2v) is 7.57. The van der Waals surface area contributed by atoms with Crippen LogP contribution in [0.25, 0.3) is 6.08 Å². The third-order valence-corrected chi connectivity index (χ3v) is 5.46. The largest absolute Gasteiger partial charge is 0.496 e. The highest BCUT2D eigenvalue weighted by Crippen LogP contribution is 2.34. The van der Waals surface area contributed by atoms with E-state index in [-0.39, 0.29) is 12.3 Å². The van der Waals surface area contributed by atoms with Crippen molar-refractivity contribution in [3.63, 3.8) is 0 Å². The lowest BCUT2D eigenvalue weighted by atomic mass is 10.2. The molecule has 0 atom stereocenters. The molecule has 0 bridgehead atoms. The molecule has 0 aliphatic carbocycles. The number of amides is 2. The van der Waals surface area contributed by atoms with Crippen LogP contribution in [0.15, 0.2) is 39.7 Å². The molecule has 0 unspecified atom stereocenters. The summed E-state index contributed by atoms with van der Waals surface area (Å²) in [6.45, 7) is -0.0564. The van der Waals surface area contributed by atoms with Gasteiger partial charge in [0.05, 0.1) is 29.2 Å². The van der Waals surface area contributed by atoms with Crippen molar-refractivity contribution in [1.29, 1.82) is 0 Å². The summed E-state index contributed by atoms with van der Waals surface area (Å²) < 4.78 is 16.0. The van der Waals surface area contributed by atoms with Crippen LogP contribution in [0.3, 0.4) is 0 Å². The van der Waals surface area contributed by atoms with Gasteiger partial charge in [0.15, 0.2) is 0 Å². The van der Waals surface area contributed by atoms with E-state index in [0.717, 1.165) is 31.5 Å². The van der Waals surface area contributed by atoms with Gasteiger partial charge in [0, 0.05) is 0 Å². The van der Waals surface area contributed by atoms with Crippen LogP contribution in [0.5, 0.6) is 5.75 Å². The molecule has 2 aromatic rings. The Morgan fingerprint density at radius 3 is 2.70 bits per heavy atom. The fourth-order valence-corrected chi connectivity index (χ4v) is 3.99. The first-order valence-corrected chi connectivity index (χ1v) is 9.58. The van der Waals surface area contributed by atoms with E-state index in [1.54, 1.807) is 19.3 Å². The van der Waals surface area contributed by atoms with Gasteiger partial charge in [-0.1, -0.05) is 6.07 Å². The lowest BCUT2D eigenvalue weighted by Gasteiger charge is -2.10. The average Bonchev–Trinajstić information content (AvgIpc) is 3.22. The van der Waals surface area contributed by atoms with Gasteiger partial charge in [0.25, 0.3) is 11.1 Å². The van der Waals surface area contributed by atoms with Crippen LogP contribution in [0, 0.1) is 3.57 Å². The van der Waals surface area contributed by atoms with Crippen LogP contribution in [0.2, 0.25) is 0 Å². The predicted molar refractivity (Wildman–Crippen MR) is 107 cm³/mol. The van der Waals surface area contributed by atoms with Crippen molar-refractivity contribution in [3.05, 3.63) is 55.9 Å². The number of halogens is 1. The molecule has 0 radical (unpaired) electrons. The molecule has 2 heterocycles. The molecule has 7 nitrogen and oxygen atoms in total. The van der Waals surface area contributed by atoms with Crippen molar-refractivity contribution in [2.24, 2.45) is 0 Å². The van der Waals surface area contributed by atoms with Gasteiger partial charge in [-0.15, -0.1) is 0 Å². The van der Waals surface area contributed by atoms with Crippen molar-refractivity contribution in [3.8, 4) is 5.75 Å². The van der Waals surface area contributed by atoms with Gasteiger partial charge in [-0.3, -0.25) is 14.5 Å². The average molecular weight is 499 g/mol. The lowest BCUT2D eigenvalue weighted by Crippen LogP contribution is -2.27. The fraction of sp³-hybridized carbons (Fsp3) is 0.167. The number of thioether (sulfide) groups is 1. The predicted octanol–water partition coefficient (Wildman–Crippen LogP) is 3.92. The summed E-state index contributed by atoms with van der Waals surface area (Å²) in [5, 5.41) is -0.398. The number of rotatable bonds is 5. The highest BCUT2D eigenvalue weighted by atomic mass is 127. The number of imide groups is 1. The molecule has 1 saturated heterocycles. The number of furan rings is 1. The molecule has 1 aliphatic rings. The Morgan fingerprint density at radius 1 is 1.26 bits per heavy atom. The van der Waals surface area contributed by atoms with Gasteiger partial charge in [0.1, 0.15) is 11.5 Å². The first-order valence-electron chi connectivity index (χ1n) is 7.69. The van der Waals surface area contributed by atoms with Crippen molar-refractivity contribution in [2.75, 3.05) is 14.2 Å². The SMILES string of the molecule is COC(=O)c1ccc(CN2C(=O)SC(=Cc3ccc(OC)c(I)c3)C2=O)o1. The lowest BCUT2D eigenvalue weighted by molar-refractivity contribution is -0.123. The summed E-state index contributed by atoms with van der Waals surface area (Å²) >= 11 is 3.00. The van der Waals surface area contributed by atoms with Crippen LogP contribution in [0.4, 0.5) is 4.79 Å². The minimum Gasteiger partial charge on any atom is -0.496 e. The molecule has 1 aromatic carbocycles. The number of methoxy groups -OCH3 is 2. The maximum atomic E-state index is 12.6. The van der Waals surface area contributed by atoms with Crippen LogP contribution in [-0.2, 0) is 16.1 Å². The number of ether oxygens (including phenoxy) is 2. The Hall–Kier alpha value is -2.27. The van der Waals surface area contributed by atoms with Gasteiger partial charge in [-0.05, 0) is 70.3 Å². The van der Waals surface area contributed by atoms with Crippen LogP contribution in [0.1, 0.15) is 21.9 Å². The third-order valence-electron chi connectivity index (χ3n) is 3.71. The number of hydrogen-bond acceptors (Lipinski definition) is 7. The summed E-state index contributed by atoms with van der Waals surface area (Å²) in [7, 11) is 2.83. The zero-order valence-corrected chi connectivity index (χ0v) is 17.3. The second kappa shape index (κ2) is 8.17. The zero-order chi connectivity index (χ0) is 19.6. The van der Waals surface area contributed by atoms with Gasteiger partial charge in [0.2, 0.25) is 5.76 Å². The summed E-state index contributed by atoms with van der Waals surface area (Å²) in [4.78, 5) is 37.6. The summed E-state index contributed by atoms with van der Waals surface area (Å²) in [5.74, 6) is 0.0390. The maximum absolute atomic E-state index is 12.6. The van der Waals surface area contributed by atoms with E-state index in [1.165, 1.54) is 19.2 Å². The number of carbonyl (C=O) groups excluding carboxylic acids is 3. The maximum Gasteiger partial charge on any atom is 0.373 e. The van der Waals surface area contributed by atoms with E-state index in [2.05, 4.69) is 27.3 Å². The van der Waals surface area contributed by atoms with Gasteiger partial charge in [-0.25, -0.2) is 4.79 Å². The van der Waals surface area contributed by atoms with Gasteiger partial charge < -0.3 is 13.9 Å². The molecule has 1 aliphatic heterocycles. The smallest absolute Gasteiger partial charge is 0.373 e. The van der Waals surface area contributed by atoms with E-state index in [0.29, 0.717) is 10.7 Å². The molecular formula is C18H14INO6S. The standard InChI is InChI=1S/C18H14INO6S/c1-24-13-5-3-10(7-12(13)19)8-15-16(21)20(18(23)27-15)9-11-4-6-14(26-11)17(22)25-2/h3-8H,9H2,1-2H3. The van der Waals surface area contributed by atoms with E-state index < -0.39 is 17.1 Å². The van der Waals surface area contributed by atoms with E-state index >= 15 is 0 Å². The van der Waals surface area contributed by atoms with E-state index in [1.807, 2.05) is 12.1 Å². The van der Waals surface area contributed by atoms with Crippen molar-refractivity contribution >= 4 is 57.5 Å². The Bertz CT molecular complexity index is 951. The molecule has 9 heteroatoms. The second-order valence-electron chi connectivity index (χ2n) is 5.42. The highest BCUT2D eigenvalue weighted by molar-refractivity contribution is 14.1. The first kappa shape index (κ1) is 19.5. The molecule has 0 spiro atoms. The summed E-state index contributed by atoms with van der Waals surface area (Å²) in [6.07, 6.45) is 1.66. The monoisotopic (exact) mass is 499 g/mol. The Morgan fingerprint density at radius 2 is 2.04 bits per heavy atom. The minimum atomic E-state index is -0.621. The first-order chi connectivity index (χ1) is 12.9. The van der Waals surface area contributed by atoms with Crippen LogP contribution in [-0.4, -0.2) is 36.2 Å². The van der Waals surface area contributed by atoms with Crippen LogP contribution >= 0.6 is 34.4 Å². The molecule has 0 saturated carbocycles. The molecule has 1 aromatic heterocycles. The molecule has 3 rings (SSSR count). The normalized spacial score (nSPS) is 15.5. The number of carbonyl (C=O) groups is 3. The van der Waals surface area contributed by atoms with Crippen molar-refractivity contribution in [1.82, 2.24) is 4.90 Å². The Balaban J connectivity index is 1.77. The molecule has 27 heavy (non-hydrogen) atoms. The molecule has 2 amide bonds. The molecule has 140 valence electrons. The number of benzene rings is 1. The quantitative estimate of drug-likeness (QED) is 0.350. The number of nitrogens with zero attached hydrogens (tertiary/aromatic N) is 1. The summed E-state index contributed by atoms with van der Waals surface area (Å²) in [5.41, 5.74) is 0.789. The van der Waals surface area contributed by atoms with Crippen LogP contribution < -0.4 is 4.74 Å². The number of esters is 1. The van der Waals surface area contributed by atoms with E-state index in [9.17, 15) is 14.4 Å². The van der Waals surface area contributed by atoms with Gasteiger partial charge in [-0.2, -0.15) is 0 Å². The topological polar surface area (TPSA) is 86.0 Å². The third kappa shape index (κ3) is 4.19. The highest BCUT2D eigenvalue weighted by Gasteiger charge is 2.35. The Kier molecular flexibility index (Phi) is 5.90. The molecular weight excluding hydrogens is 485 g/mol. The zero-order valence-electron chi connectivity index (χ0n) is 14.4. The van der Waals surface area contributed by atoms with Gasteiger partial charge >= 0.3 is 5.97 Å². The minimum absolute atomic E-state index is 0.0165. The molecule has 0 N–H and O–H groups in total. The fourth-order valence-electron chi connectivity index (χ4n) is 2.39. The molecule has 1 fully saturated rings. The summed E-state index contributed by atoms with van der Waals surface area (Å²) in [6, 6.07) is 8.45. The van der Waals surface area contributed by atoms with Crippen molar-refractivity contribution < 1.29 is 28.3 Å². The number of hydrogen-bond donors (Lipinski definition) is 0.